The van der Waals surface area contributed by atoms with Crippen LogP contribution < -0.4 is 10.6 Å². The van der Waals surface area contributed by atoms with Gasteiger partial charge in [0.2, 0.25) is 11.8 Å². The SMILES string of the molecule is C=C(C)C(=O)NCCCCN(C)CC(=O)NCCC[N+](C)(C)CC(O)C[N+](C)(C)C. The first kappa shape index (κ1) is 28.5. The molecule has 0 saturated heterocycles. The fourth-order valence-corrected chi connectivity index (χ4v) is 3.33. The van der Waals surface area contributed by atoms with Crippen LogP contribution in [0, 0.1) is 0 Å². The Hall–Kier alpha value is -1.48. The molecule has 2 amide bonds. The van der Waals surface area contributed by atoms with E-state index in [1.54, 1.807) is 6.92 Å². The quantitative estimate of drug-likeness (QED) is 0.184. The number of nitrogens with one attached hydrogen (secondary N) is 2. The summed E-state index contributed by atoms with van der Waals surface area (Å²) in [7, 11) is 12.4. The average molecular weight is 430 g/mol. The molecule has 1 atom stereocenters. The molecule has 0 fully saturated rings. The van der Waals surface area contributed by atoms with Crippen LogP contribution >= 0.6 is 0 Å². The third kappa shape index (κ3) is 16.3. The summed E-state index contributed by atoms with van der Waals surface area (Å²) in [4.78, 5) is 25.5. The highest BCUT2D eigenvalue weighted by Gasteiger charge is 2.24. The summed E-state index contributed by atoms with van der Waals surface area (Å²) in [5, 5.41) is 16.1. The summed E-state index contributed by atoms with van der Waals surface area (Å²) in [5.41, 5.74) is 0.520. The van der Waals surface area contributed by atoms with E-state index in [1.165, 1.54) is 0 Å². The van der Waals surface area contributed by atoms with Crippen molar-refractivity contribution in [2.45, 2.75) is 32.3 Å². The Labute approximate surface area is 184 Å². The van der Waals surface area contributed by atoms with Crippen molar-refractivity contribution in [2.24, 2.45) is 0 Å². The molecular formula is C22H47N5O3+2. The van der Waals surface area contributed by atoms with Gasteiger partial charge in [0.15, 0.2) is 6.10 Å². The highest BCUT2D eigenvalue weighted by atomic mass is 16.3. The number of carbonyl (C=O) groups is 2. The Morgan fingerprint density at radius 3 is 2.17 bits per heavy atom. The lowest BCUT2D eigenvalue weighted by molar-refractivity contribution is -0.907. The molecule has 8 heteroatoms. The highest BCUT2D eigenvalue weighted by Crippen LogP contribution is 2.04. The second-order valence-electron chi connectivity index (χ2n) is 10.2. The molecule has 0 aliphatic rings. The number of hydrogen-bond acceptors (Lipinski definition) is 4. The van der Waals surface area contributed by atoms with Crippen LogP contribution in [0.2, 0.25) is 0 Å². The van der Waals surface area contributed by atoms with Crippen LogP contribution in [-0.4, -0.2) is 125 Å². The van der Waals surface area contributed by atoms with E-state index in [1.807, 2.05) is 11.9 Å². The summed E-state index contributed by atoms with van der Waals surface area (Å²) in [6.07, 6.45) is 2.33. The van der Waals surface area contributed by atoms with Crippen LogP contribution in [0.25, 0.3) is 0 Å². The fraction of sp³-hybridized carbons (Fsp3) is 0.818. The number of aliphatic hydroxyl groups is 1. The van der Waals surface area contributed by atoms with Crippen LogP contribution in [-0.2, 0) is 9.59 Å². The number of rotatable bonds is 16. The van der Waals surface area contributed by atoms with Gasteiger partial charge in [0, 0.05) is 25.1 Å². The van der Waals surface area contributed by atoms with E-state index in [-0.39, 0.29) is 17.9 Å². The van der Waals surface area contributed by atoms with Crippen LogP contribution in [0.4, 0.5) is 0 Å². The van der Waals surface area contributed by atoms with Crippen LogP contribution in [0.3, 0.4) is 0 Å². The van der Waals surface area contributed by atoms with E-state index >= 15 is 0 Å². The van der Waals surface area contributed by atoms with Crippen LogP contribution in [0.5, 0.6) is 0 Å². The van der Waals surface area contributed by atoms with E-state index in [9.17, 15) is 14.7 Å². The standard InChI is InChI=1S/C22H45N5O3/c1-19(2)22(30)24-12-9-10-14-25(3)16-21(29)23-13-11-15-27(7,8)18-20(28)17-26(4,5)6/h20,28H,1,9-18H2,2-8H3/p+2. The first-order valence-corrected chi connectivity index (χ1v) is 10.9. The van der Waals surface area contributed by atoms with Gasteiger partial charge >= 0.3 is 0 Å². The maximum atomic E-state index is 12.1. The molecule has 0 heterocycles. The Bertz CT molecular complexity index is 543. The number of likely N-dealkylation sites (N-methyl/N-ethyl adjacent to an activating group) is 3. The predicted molar refractivity (Wildman–Crippen MR) is 123 cm³/mol. The molecule has 0 aromatic heterocycles. The molecule has 176 valence electrons. The lowest BCUT2D eigenvalue weighted by Crippen LogP contribution is -2.51. The van der Waals surface area contributed by atoms with Crippen LogP contribution in [0.1, 0.15) is 26.2 Å². The smallest absolute Gasteiger partial charge is 0.246 e. The molecule has 0 rings (SSSR count). The summed E-state index contributed by atoms with van der Waals surface area (Å²) >= 11 is 0. The monoisotopic (exact) mass is 429 g/mol. The molecule has 0 aromatic carbocycles. The van der Waals surface area contributed by atoms with Gasteiger partial charge in [-0.15, -0.1) is 0 Å². The molecular weight excluding hydrogens is 382 g/mol. The molecule has 0 saturated carbocycles. The minimum Gasteiger partial charge on any atom is -0.382 e. The van der Waals surface area contributed by atoms with Gasteiger partial charge in [0.05, 0.1) is 48.3 Å². The second-order valence-corrected chi connectivity index (χ2v) is 10.2. The van der Waals surface area contributed by atoms with E-state index < -0.39 is 0 Å². The number of hydrogen-bond donors (Lipinski definition) is 3. The van der Waals surface area contributed by atoms with Crippen LogP contribution in [0.15, 0.2) is 12.2 Å². The Morgan fingerprint density at radius 2 is 1.60 bits per heavy atom. The van der Waals surface area contributed by atoms with Gasteiger partial charge in [-0.1, -0.05) is 6.58 Å². The average Bonchev–Trinajstić information content (AvgIpc) is 2.55. The molecule has 0 aliphatic heterocycles. The molecule has 8 nitrogen and oxygen atoms in total. The number of nitrogens with zero attached hydrogens (tertiary/aromatic N) is 3. The van der Waals surface area contributed by atoms with Gasteiger partial charge in [-0.2, -0.15) is 0 Å². The van der Waals surface area contributed by atoms with Gasteiger partial charge in [-0.25, -0.2) is 0 Å². The Balaban J connectivity index is 3.90. The number of carbonyl (C=O) groups excluding carboxylic acids is 2. The van der Waals surface area contributed by atoms with Crippen molar-refractivity contribution in [3.63, 3.8) is 0 Å². The van der Waals surface area contributed by atoms with Crippen molar-refractivity contribution in [1.29, 1.82) is 0 Å². The number of quaternary nitrogens is 2. The predicted octanol–water partition coefficient (Wildman–Crippen LogP) is 0.0405. The van der Waals surface area contributed by atoms with Gasteiger partial charge < -0.3 is 24.7 Å². The molecule has 1 unspecified atom stereocenters. The lowest BCUT2D eigenvalue weighted by Gasteiger charge is -2.34. The molecule has 30 heavy (non-hydrogen) atoms. The lowest BCUT2D eigenvalue weighted by atomic mass is 10.2. The summed E-state index contributed by atoms with van der Waals surface area (Å²) in [6, 6.07) is 0. The number of unbranched alkanes of at least 4 members (excludes halogenated alkanes) is 1. The van der Waals surface area contributed by atoms with Crippen molar-refractivity contribution in [3.8, 4) is 0 Å². The van der Waals surface area contributed by atoms with E-state index in [4.69, 9.17) is 0 Å². The molecule has 0 aliphatic carbocycles. The van der Waals surface area contributed by atoms with E-state index in [2.05, 4.69) is 52.5 Å². The normalized spacial score (nSPS) is 13.2. The van der Waals surface area contributed by atoms with Crippen molar-refractivity contribution in [2.75, 3.05) is 88.1 Å². The first-order valence-electron chi connectivity index (χ1n) is 10.9. The van der Waals surface area contributed by atoms with Crippen molar-refractivity contribution < 1.29 is 23.7 Å². The minimum absolute atomic E-state index is 0.0310. The van der Waals surface area contributed by atoms with Gasteiger partial charge in [0.25, 0.3) is 0 Å². The zero-order valence-corrected chi connectivity index (χ0v) is 20.5. The van der Waals surface area contributed by atoms with Gasteiger partial charge in [-0.05, 0) is 33.4 Å². The van der Waals surface area contributed by atoms with E-state index in [0.717, 1.165) is 47.9 Å². The first-order chi connectivity index (χ1) is 13.7. The minimum atomic E-state index is -0.336. The van der Waals surface area contributed by atoms with E-state index in [0.29, 0.717) is 31.8 Å². The van der Waals surface area contributed by atoms with Gasteiger partial charge in [0.1, 0.15) is 13.1 Å². The zero-order valence-electron chi connectivity index (χ0n) is 20.5. The maximum absolute atomic E-state index is 12.1. The van der Waals surface area contributed by atoms with Gasteiger partial charge in [-0.3, -0.25) is 14.5 Å². The number of amides is 2. The number of aliphatic hydroxyl groups excluding tert-OH is 1. The third-order valence-corrected chi connectivity index (χ3v) is 4.78. The second kappa shape index (κ2) is 13.7. The van der Waals surface area contributed by atoms with Crippen molar-refractivity contribution in [1.82, 2.24) is 15.5 Å². The fourth-order valence-electron chi connectivity index (χ4n) is 3.33. The summed E-state index contributed by atoms with van der Waals surface area (Å²) in [5.74, 6) is -0.0733. The molecule has 3 N–H and O–H groups in total. The summed E-state index contributed by atoms with van der Waals surface area (Å²) in [6.45, 7) is 10.1. The molecule has 0 aromatic rings. The molecule has 0 radical (unpaired) electrons. The largest absolute Gasteiger partial charge is 0.382 e. The summed E-state index contributed by atoms with van der Waals surface area (Å²) < 4.78 is 1.48. The van der Waals surface area contributed by atoms with Crippen molar-refractivity contribution in [3.05, 3.63) is 12.2 Å². The Morgan fingerprint density at radius 1 is 1.00 bits per heavy atom. The third-order valence-electron chi connectivity index (χ3n) is 4.78. The molecule has 0 spiro atoms. The zero-order chi connectivity index (χ0) is 23.4. The Kier molecular flexibility index (Phi) is 13.1. The maximum Gasteiger partial charge on any atom is 0.246 e. The van der Waals surface area contributed by atoms with Crippen molar-refractivity contribution >= 4 is 11.8 Å². The molecule has 0 bridgehead atoms. The topological polar surface area (TPSA) is 81.7 Å². The highest BCUT2D eigenvalue weighted by molar-refractivity contribution is 5.91.